The Kier molecular flexibility index (Phi) is 5.23. The van der Waals surface area contributed by atoms with Crippen molar-refractivity contribution in [3.63, 3.8) is 0 Å². The Morgan fingerprint density at radius 1 is 1.29 bits per heavy atom. The molecule has 1 heterocycles. The van der Waals surface area contributed by atoms with E-state index >= 15 is 0 Å². The molecule has 3 N–H and O–H groups in total. The smallest absolute Gasteiger partial charge is 0.242 e. The molecule has 0 amide bonds. The van der Waals surface area contributed by atoms with Gasteiger partial charge in [-0.1, -0.05) is 23.2 Å². The quantitative estimate of drug-likeness (QED) is 0.829. The fourth-order valence-electron chi connectivity index (χ4n) is 1.74. The molecule has 0 aliphatic heterocycles. The van der Waals surface area contributed by atoms with Gasteiger partial charge in [0.25, 0.3) is 0 Å². The van der Waals surface area contributed by atoms with E-state index in [1.807, 2.05) is 0 Å². The minimum atomic E-state index is -3.72. The van der Waals surface area contributed by atoms with Crippen LogP contribution in [0.1, 0.15) is 5.56 Å². The molecule has 0 radical (unpaired) electrons. The second kappa shape index (κ2) is 6.76. The van der Waals surface area contributed by atoms with Crippen LogP contribution in [0.15, 0.2) is 35.7 Å². The molecule has 9 heteroatoms. The van der Waals surface area contributed by atoms with E-state index in [0.29, 0.717) is 17.1 Å². The Morgan fingerprint density at radius 2 is 2.05 bits per heavy atom. The van der Waals surface area contributed by atoms with Crippen LogP contribution < -0.4 is 10.5 Å². The molecule has 0 atom stereocenters. The van der Waals surface area contributed by atoms with Crippen molar-refractivity contribution in [2.75, 3.05) is 6.54 Å². The van der Waals surface area contributed by atoms with Crippen LogP contribution in [-0.4, -0.2) is 24.5 Å². The highest BCUT2D eigenvalue weighted by atomic mass is 35.5. The largest absolute Gasteiger partial charge is 0.336 e. The van der Waals surface area contributed by atoms with Gasteiger partial charge in [0.1, 0.15) is 4.90 Å². The summed E-state index contributed by atoms with van der Waals surface area (Å²) >= 11 is 11.9. The second-order valence-electron chi connectivity index (χ2n) is 4.28. The third kappa shape index (κ3) is 3.96. The van der Waals surface area contributed by atoms with Crippen molar-refractivity contribution < 1.29 is 8.42 Å². The van der Waals surface area contributed by atoms with E-state index in [2.05, 4.69) is 9.71 Å². The molecular weight excluding hydrogens is 335 g/mol. The number of rotatable bonds is 6. The van der Waals surface area contributed by atoms with Gasteiger partial charge in [0.05, 0.1) is 11.3 Å². The molecule has 114 valence electrons. The van der Waals surface area contributed by atoms with Gasteiger partial charge in [0, 0.05) is 37.1 Å². The van der Waals surface area contributed by atoms with E-state index in [1.165, 1.54) is 12.1 Å². The number of hydrogen-bond acceptors (Lipinski definition) is 4. The molecule has 0 unspecified atom stereocenters. The molecular formula is C12H14Cl2N4O2S. The predicted octanol–water partition coefficient (Wildman–Crippen LogP) is 1.63. The van der Waals surface area contributed by atoms with Crippen molar-refractivity contribution in [2.45, 2.75) is 18.0 Å². The van der Waals surface area contributed by atoms with E-state index in [9.17, 15) is 8.42 Å². The van der Waals surface area contributed by atoms with Crippen LogP contribution in [0.2, 0.25) is 10.0 Å². The van der Waals surface area contributed by atoms with Gasteiger partial charge in [-0.25, -0.2) is 18.1 Å². The Morgan fingerprint density at radius 3 is 2.67 bits per heavy atom. The molecule has 1 aromatic heterocycles. The van der Waals surface area contributed by atoms with E-state index < -0.39 is 10.0 Å². The monoisotopic (exact) mass is 348 g/mol. The number of nitrogens with one attached hydrogen (secondary N) is 1. The number of aromatic nitrogens is 2. The third-order valence-electron chi connectivity index (χ3n) is 2.83. The molecule has 0 bridgehead atoms. The number of nitrogens with zero attached hydrogens (tertiary/aromatic N) is 2. The number of hydrogen-bond donors (Lipinski definition) is 2. The summed E-state index contributed by atoms with van der Waals surface area (Å²) in [6, 6.07) is 2.78. The number of sulfonamides is 1. The average molecular weight is 349 g/mol. The lowest BCUT2D eigenvalue weighted by Gasteiger charge is -2.11. The molecule has 0 fully saturated rings. The highest BCUT2D eigenvalue weighted by Gasteiger charge is 2.19. The van der Waals surface area contributed by atoms with Crippen molar-refractivity contribution in [3.8, 4) is 0 Å². The van der Waals surface area contributed by atoms with Crippen molar-refractivity contribution in [3.05, 3.63) is 46.5 Å². The summed E-state index contributed by atoms with van der Waals surface area (Å²) in [7, 11) is -3.72. The third-order valence-corrected chi connectivity index (χ3v) is 5.11. The topological polar surface area (TPSA) is 90.0 Å². The molecule has 0 aliphatic carbocycles. The van der Waals surface area contributed by atoms with Crippen LogP contribution >= 0.6 is 23.2 Å². The van der Waals surface area contributed by atoms with E-state index in [1.54, 1.807) is 23.3 Å². The van der Waals surface area contributed by atoms with Gasteiger partial charge in [-0.2, -0.15) is 0 Å². The highest BCUT2D eigenvalue weighted by molar-refractivity contribution is 7.89. The van der Waals surface area contributed by atoms with Gasteiger partial charge in [-0.3, -0.25) is 0 Å². The molecule has 2 aromatic rings. The van der Waals surface area contributed by atoms with Gasteiger partial charge < -0.3 is 10.3 Å². The Bertz CT molecular complexity index is 717. The van der Waals surface area contributed by atoms with Gasteiger partial charge in [-0.05, 0) is 17.7 Å². The Labute approximate surface area is 132 Å². The first-order chi connectivity index (χ1) is 9.94. The first-order valence-corrected chi connectivity index (χ1v) is 8.31. The zero-order valence-corrected chi connectivity index (χ0v) is 13.3. The maximum Gasteiger partial charge on any atom is 0.242 e. The first kappa shape index (κ1) is 16.3. The molecule has 21 heavy (non-hydrogen) atoms. The van der Waals surface area contributed by atoms with Gasteiger partial charge in [-0.15, -0.1) is 0 Å². The predicted molar refractivity (Wildman–Crippen MR) is 81.8 cm³/mol. The SMILES string of the molecule is NCc1cc(S(=O)(=O)NCCn2ccnc2)c(Cl)cc1Cl. The van der Waals surface area contributed by atoms with Crippen LogP contribution in [-0.2, 0) is 23.1 Å². The number of imidazole rings is 1. The van der Waals surface area contributed by atoms with Crippen LogP contribution in [0.25, 0.3) is 0 Å². The Balaban J connectivity index is 2.15. The standard InChI is InChI=1S/C12H14Cl2N4O2S/c13-10-6-11(14)12(5-9(10)7-15)21(19,20)17-2-4-18-3-1-16-8-18/h1,3,5-6,8,17H,2,4,7,15H2. The summed E-state index contributed by atoms with van der Waals surface area (Å²) in [4.78, 5) is 3.85. The van der Waals surface area contributed by atoms with Crippen LogP contribution in [0.5, 0.6) is 0 Å². The number of benzene rings is 1. The van der Waals surface area contributed by atoms with Crippen molar-refractivity contribution in [1.29, 1.82) is 0 Å². The van der Waals surface area contributed by atoms with E-state index in [-0.39, 0.29) is 23.0 Å². The molecule has 6 nitrogen and oxygen atoms in total. The summed E-state index contributed by atoms with van der Waals surface area (Å²) in [6.45, 7) is 0.817. The molecule has 0 aliphatic rings. The van der Waals surface area contributed by atoms with Crippen molar-refractivity contribution in [1.82, 2.24) is 14.3 Å². The lowest BCUT2D eigenvalue weighted by Crippen LogP contribution is -2.27. The molecule has 2 rings (SSSR count). The fraction of sp³-hybridized carbons (Fsp3) is 0.250. The summed E-state index contributed by atoms with van der Waals surface area (Å²) in [5, 5.41) is 0.409. The molecule has 0 saturated heterocycles. The lowest BCUT2D eigenvalue weighted by atomic mass is 10.2. The number of halogens is 2. The molecule has 1 aromatic carbocycles. The lowest BCUT2D eigenvalue weighted by molar-refractivity contribution is 0.572. The number of nitrogens with two attached hydrogens (primary N) is 1. The summed E-state index contributed by atoms with van der Waals surface area (Å²) < 4.78 is 28.8. The minimum absolute atomic E-state index is 0.0281. The van der Waals surface area contributed by atoms with Crippen LogP contribution in [0.4, 0.5) is 0 Å². The van der Waals surface area contributed by atoms with Gasteiger partial charge in [0.2, 0.25) is 10.0 Å². The van der Waals surface area contributed by atoms with Crippen LogP contribution in [0.3, 0.4) is 0 Å². The normalized spacial score (nSPS) is 11.8. The fourth-order valence-corrected chi connectivity index (χ4v) is 3.63. The summed E-state index contributed by atoms with van der Waals surface area (Å²) in [5.74, 6) is 0. The van der Waals surface area contributed by atoms with Crippen LogP contribution in [0, 0.1) is 0 Å². The second-order valence-corrected chi connectivity index (χ2v) is 6.83. The Hall–Kier alpha value is -1.12. The first-order valence-electron chi connectivity index (χ1n) is 6.07. The van der Waals surface area contributed by atoms with Crippen molar-refractivity contribution >= 4 is 33.2 Å². The van der Waals surface area contributed by atoms with E-state index in [4.69, 9.17) is 28.9 Å². The van der Waals surface area contributed by atoms with Gasteiger partial charge >= 0.3 is 0 Å². The average Bonchev–Trinajstić information content (AvgIpc) is 2.91. The highest BCUT2D eigenvalue weighted by Crippen LogP contribution is 2.28. The zero-order valence-electron chi connectivity index (χ0n) is 11.0. The van der Waals surface area contributed by atoms with Gasteiger partial charge in [0.15, 0.2) is 0 Å². The van der Waals surface area contributed by atoms with E-state index in [0.717, 1.165) is 0 Å². The van der Waals surface area contributed by atoms with Crippen molar-refractivity contribution in [2.24, 2.45) is 5.73 Å². The molecule has 0 saturated carbocycles. The minimum Gasteiger partial charge on any atom is -0.336 e. The zero-order chi connectivity index (χ0) is 15.5. The molecule has 0 spiro atoms. The summed E-state index contributed by atoms with van der Waals surface area (Å²) in [6.07, 6.45) is 4.98. The maximum absolute atomic E-state index is 12.3. The summed E-state index contributed by atoms with van der Waals surface area (Å²) in [5.41, 5.74) is 6.05. The maximum atomic E-state index is 12.3.